The highest BCUT2D eigenvalue weighted by atomic mass is 35.5. The maximum Gasteiger partial charge on any atom is 0.0487 e. The molecule has 0 saturated heterocycles. The summed E-state index contributed by atoms with van der Waals surface area (Å²) in [6.07, 6.45) is 1.84. The van der Waals surface area contributed by atoms with E-state index in [9.17, 15) is 0 Å². The van der Waals surface area contributed by atoms with Crippen LogP contribution in [0.4, 0.5) is 0 Å². The zero-order valence-corrected chi connectivity index (χ0v) is 12.2. The van der Waals surface area contributed by atoms with Crippen LogP contribution in [0.2, 0.25) is 5.02 Å². The van der Waals surface area contributed by atoms with Crippen LogP contribution >= 0.6 is 11.6 Å². The second-order valence-corrected chi connectivity index (χ2v) is 5.19. The third kappa shape index (κ3) is 4.34. The van der Waals surface area contributed by atoms with Crippen LogP contribution in [0.5, 0.6) is 0 Å². The first-order chi connectivity index (χ1) is 9.81. The Hall–Kier alpha value is -1.35. The normalized spacial score (nSPS) is 10.7. The van der Waals surface area contributed by atoms with E-state index < -0.39 is 0 Å². The molecule has 0 aliphatic carbocycles. The summed E-state index contributed by atoms with van der Waals surface area (Å²) in [6.45, 7) is 1.98. The second-order valence-electron chi connectivity index (χ2n) is 4.79. The minimum absolute atomic E-state index is 0.263. The number of rotatable bonds is 7. The van der Waals surface area contributed by atoms with Crippen LogP contribution in [0.1, 0.15) is 18.4 Å². The van der Waals surface area contributed by atoms with E-state index in [4.69, 9.17) is 16.7 Å². The first-order valence-corrected chi connectivity index (χ1v) is 7.34. The van der Waals surface area contributed by atoms with E-state index >= 15 is 0 Å². The summed E-state index contributed by atoms with van der Waals surface area (Å²) < 4.78 is 0. The molecule has 2 rings (SSSR count). The maximum absolute atomic E-state index is 8.71. The van der Waals surface area contributed by atoms with Gasteiger partial charge in [0.15, 0.2) is 0 Å². The summed E-state index contributed by atoms with van der Waals surface area (Å²) in [5.41, 5.74) is 3.38. The SMILES string of the molecule is OCCCCNCc1ccc(-c2ccccc2)c(Cl)c1. The molecule has 106 valence electrons. The Morgan fingerprint density at radius 1 is 1.00 bits per heavy atom. The first-order valence-electron chi connectivity index (χ1n) is 6.96. The van der Waals surface area contributed by atoms with Crippen molar-refractivity contribution in [2.75, 3.05) is 13.2 Å². The van der Waals surface area contributed by atoms with E-state index in [1.54, 1.807) is 0 Å². The molecule has 20 heavy (non-hydrogen) atoms. The standard InChI is InChI=1S/C17H20ClNO/c18-17-12-14(13-19-10-4-5-11-20)8-9-16(17)15-6-2-1-3-7-15/h1-3,6-9,12,19-20H,4-5,10-11,13H2. The average molecular weight is 290 g/mol. The fourth-order valence-electron chi connectivity index (χ4n) is 2.11. The third-order valence-corrected chi connectivity index (χ3v) is 3.52. The lowest BCUT2D eigenvalue weighted by Gasteiger charge is -2.08. The quantitative estimate of drug-likeness (QED) is 0.759. The molecule has 0 atom stereocenters. The molecule has 0 aromatic heterocycles. The molecule has 0 spiro atoms. The molecule has 0 heterocycles. The van der Waals surface area contributed by atoms with Crippen molar-refractivity contribution in [3.05, 3.63) is 59.1 Å². The van der Waals surface area contributed by atoms with Crippen molar-refractivity contribution < 1.29 is 5.11 Å². The average Bonchev–Trinajstić information content (AvgIpc) is 2.48. The highest BCUT2D eigenvalue weighted by Crippen LogP contribution is 2.28. The van der Waals surface area contributed by atoms with Gasteiger partial charge < -0.3 is 10.4 Å². The molecule has 0 aliphatic heterocycles. The Balaban J connectivity index is 1.96. The molecular formula is C17H20ClNO. The molecule has 0 unspecified atom stereocenters. The van der Waals surface area contributed by atoms with Crippen molar-refractivity contribution in [1.82, 2.24) is 5.32 Å². The van der Waals surface area contributed by atoms with Crippen LogP contribution in [-0.2, 0) is 6.54 Å². The molecule has 0 bridgehead atoms. The van der Waals surface area contributed by atoms with Crippen molar-refractivity contribution in [2.45, 2.75) is 19.4 Å². The van der Waals surface area contributed by atoms with E-state index in [-0.39, 0.29) is 6.61 Å². The highest BCUT2D eigenvalue weighted by molar-refractivity contribution is 6.33. The molecule has 0 radical (unpaired) electrons. The van der Waals surface area contributed by atoms with Crippen LogP contribution < -0.4 is 5.32 Å². The zero-order chi connectivity index (χ0) is 14.2. The largest absolute Gasteiger partial charge is 0.396 e. The summed E-state index contributed by atoms with van der Waals surface area (Å²) in [4.78, 5) is 0. The number of benzene rings is 2. The van der Waals surface area contributed by atoms with Gasteiger partial charge in [-0.1, -0.05) is 54.1 Å². The minimum atomic E-state index is 0.263. The van der Waals surface area contributed by atoms with Crippen LogP contribution in [0, 0.1) is 0 Å². The number of hydrogen-bond acceptors (Lipinski definition) is 2. The van der Waals surface area contributed by atoms with E-state index in [2.05, 4.69) is 29.6 Å². The molecule has 2 nitrogen and oxygen atoms in total. The summed E-state index contributed by atoms with van der Waals surface area (Å²) in [6, 6.07) is 16.4. The van der Waals surface area contributed by atoms with Gasteiger partial charge in [-0.25, -0.2) is 0 Å². The monoisotopic (exact) mass is 289 g/mol. The van der Waals surface area contributed by atoms with Gasteiger partial charge >= 0.3 is 0 Å². The van der Waals surface area contributed by atoms with Gasteiger partial charge in [0.25, 0.3) is 0 Å². The number of aliphatic hydroxyl groups is 1. The molecule has 0 saturated carbocycles. The lowest BCUT2D eigenvalue weighted by atomic mass is 10.0. The number of halogens is 1. The number of hydrogen-bond donors (Lipinski definition) is 2. The van der Waals surface area contributed by atoms with Crippen molar-refractivity contribution in [2.24, 2.45) is 0 Å². The van der Waals surface area contributed by atoms with Gasteiger partial charge in [-0.15, -0.1) is 0 Å². The van der Waals surface area contributed by atoms with Gasteiger partial charge in [-0.2, -0.15) is 0 Å². The smallest absolute Gasteiger partial charge is 0.0487 e. The topological polar surface area (TPSA) is 32.3 Å². The predicted octanol–water partition coefficient (Wildman–Crippen LogP) is 3.87. The second kappa shape index (κ2) is 8.05. The Bertz CT molecular complexity index is 528. The van der Waals surface area contributed by atoms with E-state index in [1.807, 2.05) is 24.3 Å². The molecule has 2 aromatic rings. The lowest BCUT2D eigenvalue weighted by Crippen LogP contribution is -2.14. The highest BCUT2D eigenvalue weighted by Gasteiger charge is 2.04. The fourth-order valence-corrected chi connectivity index (χ4v) is 2.43. The van der Waals surface area contributed by atoms with E-state index in [0.717, 1.165) is 42.1 Å². The van der Waals surface area contributed by atoms with Crippen LogP contribution in [0.25, 0.3) is 11.1 Å². The summed E-state index contributed by atoms with van der Waals surface area (Å²) in [5, 5.41) is 12.8. The summed E-state index contributed by atoms with van der Waals surface area (Å²) in [5.74, 6) is 0. The number of nitrogens with one attached hydrogen (secondary N) is 1. The van der Waals surface area contributed by atoms with Crippen LogP contribution in [0.15, 0.2) is 48.5 Å². The third-order valence-electron chi connectivity index (χ3n) is 3.21. The van der Waals surface area contributed by atoms with Gasteiger partial charge in [0.1, 0.15) is 0 Å². The Labute approximate surface area is 125 Å². The number of aliphatic hydroxyl groups excluding tert-OH is 1. The zero-order valence-electron chi connectivity index (χ0n) is 11.5. The predicted molar refractivity (Wildman–Crippen MR) is 84.9 cm³/mol. The van der Waals surface area contributed by atoms with Gasteiger partial charge in [-0.3, -0.25) is 0 Å². The first kappa shape index (κ1) is 15.0. The minimum Gasteiger partial charge on any atom is -0.396 e. The molecule has 0 aliphatic rings. The van der Waals surface area contributed by atoms with Gasteiger partial charge in [0, 0.05) is 23.7 Å². The Morgan fingerprint density at radius 3 is 2.50 bits per heavy atom. The van der Waals surface area contributed by atoms with Crippen molar-refractivity contribution in [3.63, 3.8) is 0 Å². The van der Waals surface area contributed by atoms with Crippen molar-refractivity contribution in [1.29, 1.82) is 0 Å². The van der Waals surface area contributed by atoms with Gasteiger partial charge in [0.2, 0.25) is 0 Å². The number of unbranched alkanes of at least 4 members (excludes halogenated alkanes) is 1. The Morgan fingerprint density at radius 2 is 1.80 bits per heavy atom. The van der Waals surface area contributed by atoms with Crippen molar-refractivity contribution >= 4 is 11.6 Å². The Kier molecular flexibility index (Phi) is 6.06. The van der Waals surface area contributed by atoms with Crippen molar-refractivity contribution in [3.8, 4) is 11.1 Å². The molecule has 0 amide bonds. The van der Waals surface area contributed by atoms with Gasteiger partial charge in [0.05, 0.1) is 0 Å². The molecular weight excluding hydrogens is 270 g/mol. The molecule has 2 aromatic carbocycles. The summed E-state index contributed by atoms with van der Waals surface area (Å²) >= 11 is 6.37. The maximum atomic E-state index is 8.71. The fraction of sp³-hybridized carbons (Fsp3) is 0.294. The van der Waals surface area contributed by atoms with E-state index in [1.165, 1.54) is 5.56 Å². The van der Waals surface area contributed by atoms with Crippen LogP contribution in [-0.4, -0.2) is 18.3 Å². The molecule has 3 heteroatoms. The summed E-state index contributed by atoms with van der Waals surface area (Å²) in [7, 11) is 0. The van der Waals surface area contributed by atoms with Gasteiger partial charge in [-0.05, 0) is 36.6 Å². The molecule has 0 fully saturated rings. The van der Waals surface area contributed by atoms with E-state index in [0.29, 0.717) is 0 Å². The lowest BCUT2D eigenvalue weighted by molar-refractivity contribution is 0.283. The molecule has 2 N–H and O–H groups in total. The van der Waals surface area contributed by atoms with Crippen LogP contribution in [0.3, 0.4) is 0 Å².